The second-order valence-corrected chi connectivity index (χ2v) is 9.01. The van der Waals surface area contributed by atoms with Gasteiger partial charge in [0.2, 0.25) is 5.28 Å². The van der Waals surface area contributed by atoms with Crippen LogP contribution in [0.5, 0.6) is 0 Å². The lowest BCUT2D eigenvalue weighted by molar-refractivity contribution is 0.669. The number of halogens is 1. The van der Waals surface area contributed by atoms with E-state index in [0.717, 1.165) is 44.2 Å². The first-order chi connectivity index (χ1) is 17.7. The minimum Gasteiger partial charge on any atom is -0.456 e. The fourth-order valence-corrected chi connectivity index (χ4v) is 4.91. The molecule has 4 nitrogen and oxygen atoms in total. The second kappa shape index (κ2) is 8.29. The first-order valence-electron chi connectivity index (χ1n) is 11.6. The van der Waals surface area contributed by atoms with Crippen LogP contribution in [0.15, 0.2) is 114 Å². The van der Waals surface area contributed by atoms with Crippen molar-refractivity contribution in [2.75, 3.05) is 0 Å². The van der Waals surface area contributed by atoms with E-state index in [9.17, 15) is 0 Å². The predicted molar refractivity (Wildman–Crippen MR) is 146 cm³/mol. The van der Waals surface area contributed by atoms with Gasteiger partial charge in [0.25, 0.3) is 0 Å². The van der Waals surface area contributed by atoms with Gasteiger partial charge < -0.3 is 4.42 Å². The summed E-state index contributed by atoms with van der Waals surface area (Å²) in [7, 11) is 0. The Balaban J connectivity index is 1.43. The van der Waals surface area contributed by atoms with Gasteiger partial charge in [0.1, 0.15) is 11.2 Å². The Morgan fingerprint density at radius 1 is 0.528 bits per heavy atom. The Hall–Kier alpha value is -4.54. The Kier molecular flexibility index (Phi) is 4.79. The van der Waals surface area contributed by atoms with Crippen LogP contribution in [-0.4, -0.2) is 15.0 Å². The standard InChI is InChI=1S/C31H18ClN3O/c32-31-34-29(20-8-2-1-3-9-20)33-30(35-31)24-11-6-12-27-28(24)25-18-23(15-16-26(25)36-27)22-14-13-19-7-4-5-10-21(19)17-22/h1-18H. The highest BCUT2D eigenvalue weighted by molar-refractivity contribution is 6.28. The SMILES string of the molecule is Clc1nc(-c2ccccc2)nc(-c2cccc3oc4ccc(-c5ccc6ccccc6c5)cc4c23)n1. The third-order valence-electron chi connectivity index (χ3n) is 6.46. The van der Waals surface area contributed by atoms with E-state index >= 15 is 0 Å². The molecule has 2 aromatic heterocycles. The Labute approximate surface area is 211 Å². The second-order valence-electron chi connectivity index (χ2n) is 8.67. The molecule has 0 spiro atoms. The van der Waals surface area contributed by atoms with Gasteiger partial charge in [0.15, 0.2) is 11.6 Å². The van der Waals surface area contributed by atoms with Gasteiger partial charge in [-0.2, -0.15) is 9.97 Å². The van der Waals surface area contributed by atoms with Crippen molar-refractivity contribution in [3.8, 4) is 33.9 Å². The van der Waals surface area contributed by atoms with Gasteiger partial charge in [-0.15, -0.1) is 0 Å². The average Bonchev–Trinajstić information content (AvgIpc) is 3.31. The lowest BCUT2D eigenvalue weighted by Crippen LogP contribution is -1.97. The van der Waals surface area contributed by atoms with E-state index < -0.39 is 0 Å². The molecule has 0 amide bonds. The van der Waals surface area contributed by atoms with E-state index in [2.05, 4.69) is 64.6 Å². The molecule has 0 atom stereocenters. The molecule has 0 aliphatic carbocycles. The summed E-state index contributed by atoms with van der Waals surface area (Å²) in [5.74, 6) is 1.05. The number of rotatable bonds is 3. The van der Waals surface area contributed by atoms with Gasteiger partial charge in [0.05, 0.1) is 0 Å². The molecule has 0 aliphatic heterocycles. The van der Waals surface area contributed by atoms with Crippen LogP contribution >= 0.6 is 11.6 Å². The summed E-state index contributed by atoms with van der Waals surface area (Å²) in [4.78, 5) is 13.6. The van der Waals surface area contributed by atoms with Crippen LogP contribution in [0.4, 0.5) is 0 Å². The van der Waals surface area contributed by atoms with Crippen molar-refractivity contribution in [2.24, 2.45) is 0 Å². The highest BCUT2D eigenvalue weighted by Gasteiger charge is 2.17. The van der Waals surface area contributed by atoms with E-state index in [1.807, 2.05) is 54.6 Å². The van der Waals surface area contributed by atoms with Gasteiger partial charge in [-0.05, 0) is 57.8 Å². The smallest absolute Gasteiger partial charge is 0.226 e. The zero-order chi connectivity index (χ0) is 24.1. The van der Waals surface area contributed by atoms with Crippen molar-refractivity contribution in [1.29, 1.82) is 0 Å². The van der Waals surface area contributed by atoms with Crippen molar-refractivity contribution in [2.45, 2.75) is 0 Å². The Morgan fingerprint density at radius 2 is 1.28 bits per heavy atom. The van der Waals surface area contributed by atoms with Crippen molar-refractivity contribution in [3.63, 3.8) is 0 Å². The van der Waals surface area contributed by atoms with E-state index in [-0.39, 0.29) is 5.28 Å². The molecule has 7 aromatic rings. The van der Waals surface area contributed by atoms with Gasteiger partial charge in [-0.1, -0.05) is 84.9 Å². The van der Waals surface area contributed by atoms with Crippen LogP contribution < -0.4 is 0 Å². The molecule has 0 saturated heterocycles. The number of hydrogen-bond acceptors (Lipinski definition) is 4. The topological polar surface area (TPSA) is 51.8 Å². The number of nitrogens with zero attached hydrogens (tertiary/aromatic N) is 3. The minimum absolute atomic E-state index is 0.153. The molecule has 36 heavy (non-hydrogen) atoms. The number of furan rings is 1. The van der Waals surface area contributed by atoms with E-state index in [1.54, 1.807) is 0 Å². The molecule has 0 radical (unpaired) electrons. The average molecular weight is 484 g/mol. The predicted octanol–water partition coefficient (Wildman–Crippen LogP) is 8.58. The molecule has 0 saturated carbocycles. The molecule has 5 aromatic carbocycles. The monoisotopic (exact) mass is 483 g/mol. The quantitative estimate of drug-likeness (QED) is 0.252. The van der Waals surface area contributed by atoms with Crippen LogP contribution in [0.1, 0.15) is 0 Å². The fourth-order valence-electron chi connectivity index (χ4n) is 4.75. The highest BCUT2D eigenvalue weighted by atomic mass is 35.5. The van der Waals surface area contributed by atoms with Crippen LogP contribution in [0.3, 0.4) is 0 Å². The van der Waals surface area contributed by atoms with Gasteiger partial charge in [0, 0.05) is 21.9 Å². The largest absolute Gasteiger partial charge is 0.456 e. The molecular weight excluding hydrogens is 466 g/mol. The number of hydrogen-bond donors (Lipinski definition) is 0. The van der Waals surface area contributed by atoms with Crippen molar-refractivity contribution in [3.05, 3.63) is 114 Å². The summed E-state index contributed by atoms with van der Waals surface area (Å²) in [5.41, 5.74) is 5.58. The molecule has 170 valence electrons. The molecule has 0 aliphatic rings. The number of aromatic nitrogens is 3. The van der Waals surface area contributed by atoms with Gasteiger partial charge in [-0.3, -0.25) is 0 Å². The Morgan fingerprint density at radius 3 is 2.17 bits per heavy atom. The molecule has 2 heterocycles. The van der Waals surface area contributed by atoms with Crippen molar-refractivity contribution >= 4 is 44.3 Å². The fraction of sp³-hybridized carbons (Fsp3) is 0. The maximum atomic E-state index is 6.36. The normalized spacial score (nSPS) is 11.5. The van der Waals surface area contributed by atoms with E-state index in [0.29, 0.717) is 11.6 Å². The zero-order valence-electron chi connectivity index (χ0n) is 19.0. The molecule has 0 unspecified atom stereocenters. The van der Waals surface area contributed by atoms with E-state index in [1.165, 1.54) is 10.8 Å². The maximum Gasteiger partial charge on any atom is 0.226 e. The first-order valence-corrected chi connectivity index (χ1v) is 12.0. The highest BCUT2D eigenvalue weighted by Crippen LogP contribution is 2.38. The van der Waals surface area contributed by atoms with Gasteiger partial charge in [-0.25, -0.2) is 4.98 Å². The molecular formula is C31H18ClN3O. The molecule has 0 N–H and O–H groups in total. The molecule has 5 heteroatoms. The van der Waals surface area contributed by atoms with Gasteiger partial charge >= 0.3 is 0 Å². The van der Waals surface area contributed by atoms with Crippen LogP contribution in [0.2, 0.25) is 5.28 Å². The molecule has 7 rings (SSSR count). The van der Waals surface area contributed by atoms with Crippen molar-refractivity contribution in [1.82, 2.24) is 15.0 Å². The molecule has 0 bridgehead atoms. The summed E-state index contributed by atoms with van der Waals surface area (Å²) < 4.78 is 6.22. The number of fused-ring (bicyclic) bond motifs is 4. The summed E-state index contributed by atoms with van der Waals surface area (Å²) in [6.07, 6.45) is 0. The third kappa shape index (κ3) is 3.51. The van der Waals surface area contributed by atoms with Crippen molar-refractivity contribution < 1.29 is 4.42 Å². The zero-order valence-corrected chi connectivity index (χ0v) is 19.8. The summed E-state index contributed by atoms with van der Waals surface area (Å²) in [6, 6.07) is 36.9. The molecule has 0 fully saturated rings. The lowest BCUT2D eigenvalue weighted by Gasteiger charge is -2.07. The maximum absolute atomic E-state index is 6.36. The Bertz CT molecular complexity index is 1910. The first kappa shape index (κ1) is 20.8. The summed E-state index contributed by atoms with van der Waals surface area (Å²) in [5, 5.41) is 4.54. The third-order valence-corrected chi connectivity index (χ3v) is 6.63. The minimum atomic E-state index is 0.153. The van der Waals surface area contributed by atoms with Crippen LogP contribution in [0, 0.1) is 0 Å². The van der Waals surface area contributed by atoms with Crippen LogP contribution in [0.25, 0.3) is 66.6 Å². The van der Waals surface area contributed by atoms with Crippen LogP contribution in [-0.2, 0) is 0 Å². The number of benzene rings is 5. The summed E-state index contributed by atoms with van der Waals surface area (Å²) >= 11 is 6.36. The lowest BCUT2D eigenvalue weighted by atomic mass is 9.98. The summed E-state index contributed by atoms with van der Waals surface area (Å²) in [6.45, 7) is 0. The van der Waals surface area contributed by atoms with E-state index in [4.69, 9.17) is 21.0 Å².